The van der Waals surface area contributed by atoms with Gasteiger partial charge in [-0.2, -0.15) is 5.10 Å². The van der Waals surface area contributed by atoms with E-state index in [0.29, 0.717) is 22.3 Å². The van der Waals surface area contributed by atoms with Crippen LogP contribution in [0.5, 0.6) is 0 Å². The van der Waals surface area contributed by atoms with Crippen molar-refractivity contribution in [1.29, 1.82) is 0 Å². The highest BCUT2D eigenvalue weighted by molar-refractivity contribution is 6.30. The Bertz CT molecular complexity index is 1680. The third-order valence-electron chi connectivity index (χ3n) is 6.59. The summed E-state index contributed by atoms with van der Waals surface area (Å²) in [4.78, 5) is 55.9. The van der Waals surface area contributed by atoms with E-state index in [1.54, 1.807) is 30.3 Å². The summed E-state index contributed by atoms with van der Waals surface area (Å²) in [7, 11) is 0. The first kappa shape index (κ1) is 28.5. The SMILES string of the molecule is NC(=O)c1nn(CC(=O)N(CC(=O)NCc2cccc(Cl)c2F)C2CC2)c2ccc(NC(=O)Nc3ccncc3)cc12. The molecule has 1 saturated carbocycles. The van der Waals surface area contributed by atoms with E-state index in [-0.39, 0.29) is 47.9 Å². The first-order valence-corrected chi connectivity index (χ1v) is 13.3. The molecule has 2 aromatic heterocycles. The molecule has 1 aliphatic rings. The van der Waals surface area contributed by atoms with Gasteiger partial charge in [0.1, 0.15) is 12.4 Å². The maximum Gasteiger partial charge on any atom is 0.323 e. The molecule has 0 radical (unpaired) electrons. The third kappa shape index (κ3) is 6.63. The van der Waals surface area contributed by atoms with Crippen LogP contribution < -0.4 is 21.7 Å². The second kappa shape index (κ2) is 12.2. The summed E-state index contributed by atoms with van der Waals surface area (Å²) >= 11 is 5.80. The Morgan fingerprint density at radius 1 is 1.05 bits per heavy atom. The molecular formula is C28H26ClFN8O4. The van der Waals surface area contributed by atoms with Crippen LogP contribution in [0.25, 0.3) is 10.9 Å². The highest BCUT2D eigenvalue weighted by Crippen LogP contribution is 2.28. The van der Waals surface area contributed by atoms with Crippen LogP contribution >= 0.6 is 11.6 Å². The second-order valence-electron chi connectivity index (χ2n) is 9.66. The van der Waals surface area contributed by atoms with E-state index in [0.717, 1.165) is 12.8 Å². The Morgan fingerprint density at radius 2 is 1.79 bits per heavy atom. The molecule has 0 bridgehead atoms. The van der Waals surface area contributed by atoms with Crippen LogP contribution in [0.3, 0.4) is 0 Å². The molecule has 4 aromatic rings. The fourth-order valence-corrected chi connectivity index (χ4v) is 4.60. The average Bonchev–Trinajstić information content (AvgIpc) is 3.74. The van der Waals surface area contributed by atoms with Gasteiger partial charge in [-0.05, 0) is 49.2 Å². The van der Waals surface area contributed by atoms with Crippen LogP contribution in [0, 0.1) is 5.82 Å². The van der Waals surface area contributed by atoms with E-state index in [1.807, 2.05) is 0 Å². The van der Waals surface area contributed by atoms with Crippen LogP contribution in [0.15, 0.2) is 60.9 Å². The molecule has 0 saturated heterocycles. The van der Waals surface area contributed by atoms with Crippen LogP contribution in [0.4, 0.5) is 20.6 Å². The lowest BCUT2D eigenvalue weighted by molar-refractivity contribution is -0.137. The first-order chi connectivity index (χ1) is 20.2. The molecule has 216 valence electrons. The number of nitrogens with one attached hydrogen (secondary N) is 3. The second-order valence-corrected chi connectivity index (χ2v) is 10.1. The van der Waals surface area contributed by atoms with Crippen LogP contribution in [0.2, 0.25) is 5.02 Å². The van der Waals surface area contributed by atoms with E-state index in [4.69, 9.17) is 17.3 Å². The lowest BCUT2D eigenvalue weighted by Gasteiger charge is -2.22. The normalized spacial score (nSPS) is 12.5. The van der Waals surface area contributed by atoms with Crippen LogP contribution in [-0.4, -0.2) is 56.0 Å². The lowest BCUT2D eigenvalue weighted by Crippen LogP contribution is -2.43. The Labute approximate surface area is 244 Å². The number of rotatable bonds is 10. The third-order valence-corrected chi connectivity index (χ3v) is 6.89. The van der Waals surface area contributed by atoms with Gasteiger partial charge in [0.05, 0.1) is 17.1 Å². The van der Waals surface area contributed by atoms with Gasteiger partial charge in [-0.15, -0.1) is 0 Å². The molecule has 1 aliphatic carbocycles. The van der Waals surface area contributed by atoms with Gasteiger partial charge < -0.3 is 26.6 Å². The van der Waals surface area contributed by atoms with Crippen molar-refractivity contribution >= 4 is 57.6 Å². The van der Waals surface area contributed by atoms with E-state index < -0.39 is 23.7 Å². The number of nitrogens with zero attached hydrogens (tertiary/aromatic N) is 4. The number of hydrogen-bond donors (Lipinski definition) is 4. The van der Waals surface area contributed by atoms with Crippen molar-refractivity contribution < 1.29 is 23.6 Å². The van der Waals surface area contributed by atoms with Gasteiger partial charge in [-0.3, -0.25) is 24.0 Å². The van der Waals surface area contributed by atoms with Crippen molar-refractivity contribution in [3.63, 3.8) is 0 Å². The number of carbonyl (C=O) groups excluding carboxylic acids is 4. The van der Waals surface area contributed by atoms with Crippen LogP contribution in [-0.2, 0) is 22.7 Å². The monoisotopic (exact) mass is 592 g/mol. The molecule has 14 heteroatoms. The molecule has 0 atom stereocenters. The quantitative estimate of drug-likeness (QED) is 0.221. The summed E-state index contributed by atoms with van der Waals surface area (Å²) < 4.78 is 15.5. The standard InChI is InChI=1S/C28H26ClFN8O4/c29-21-3-1-2-16(25(21)30)13-33-23(39)14-37(19-5-6-19)24(40)15-38-22-7-4-18(12-20(22)26(36-38)27(31)41)35-28(42)34-17-8-10-32-11-9-17/h1-4,7-12,19H,5-6,13-15H2,(H2,31,41)(H,33,39)(H2,32,34,35,42). The van der Waals surface area contributed by atoms with Gasteiger partial charge >= 0.3 is 6.03 Å². The Morgan fingerprint density at radius 3 is 2.50 bits per heavy atom. The number of fused-ring (bicyclic) bond motifs is 1. The summed E-state index contributed by atoms with van der Waals surface area (Å²) in [6, 6.07) is 11.9. The summed E-state index contributed by atoms with van der Waals surface area (Å²) in [6.07, 6.45) is 4.56. The fourth-order valence-electron chi connectivity index (χ4n) is 4.40. The van der Waals surface area contributed by atoms with E-state index >= 15 is 0 Å². The summed E-state index contributed by atoms with van der Waals surface area (Å²) in [5.74, 6) is -2.27. The Balaban J connectivity index is 1.28. The molecule has 12 nitrogen and oxygen atoms in total. The molecule has 42 heavy (non-hydrogen) atoms. The number of anilines is 2. The number of aromatic nitrogens is 3. The minimum absolute atomic E-state index is 0.0468. The number of benzene rings is 2. The van der Waals surface area contributed by atoms with Gasteiger partial charge in [0.15, 0.2) is 5.69 Å². The topological polar surface area (TPSA) is 164 Å². The van der Waals surface area contributed by atoms with E-state index in [1.165, 1.54) is 40.2 Å². The zero-order valence-corrected chi connectivity index (χ0v) is 22.9. The molecule has 2 heterocycles. The van der Waals surface area contributed by atoms with Crippen molar-refractivity contribution in [3.8, 4) is 0 Å². The van der Waals surface area contributed by atoms with Gasteiger partial charge in [-0.25, -0.2) is 9.18 Å². The number of primary amides is 1. The minimum Gasteiger partial charge on any atom is -0.364 e. The molecule has 5 amide bonds. The number of amides is 5. The maximum absolute atomic E-state index is 14.2. The zero-order chi connectivity index (χ0) is 29.8. The molecule has 0 spiro atoms. The number of urea groups is 1. The predicted molar refractivity (Wildman–Crippen MR) is 153 cm³/mol. The van der Waals surface area contributed by atoms with Gasteiger partial charge in [0.2, 0.25) is 11.8 Å². The summed E-state index contributed by atoms with van der Waals surface area (Å²) in [5, 5.41) is 12.5. The largest absolute Gasteiger partial charge is 0.364 e. The van der Waals surface area contributed by atoms with Crippen LogP contribution in [0.1, 0.15) is 28.9 Å². The van der Waals surface area contributed by atoms with Gasteiger partial charge in [0.25, 0.3) is 5.91 Å². The van der Waals surface area contributed by atoms with Gasteiger partial charge in [-0.1, -0.05) is 23.7 Å². The number of hydrogen-bond acceptors (Lipinski definition) is 6. The molecule has 5 N–H and O–H groups in total. The van der Waals surface area contributed by atoms with Crippen molar-refractivity contribution in [2.75, 3.05) is 17.2 Å². The highest BCUT2D eigenvalue weighted by atomic mass is 35.5. The number of nitrogens with two attached hydrogens (primary N) is 1. The van der Waals surface area contributed by atoms with Crippen molar-refractivity contribution in [3.05, 3.63) is 83.0 Å². The molecular weight excluding hydrogens is 567 g/mol. The Kier molecular flexibility index (Phi) is 8.29. The van der Waals surface area contributed by atoms with Gasteiger partial charge in [0, 0.05) is 47.3 Å². The first-order valence-electron chi connectivity index (χ1n) is 13.0. The molecule has 0 unspecified atom stereocenters. The number of halogens is 2. The molecule has 0 aliphatic heterocycles. The average molecular weight is 593 g/mol. The number of carbonyl (C=O) groups is 4. The van der Waals surface area contributed by atoms with Crippen molar-refractivity contribution in [2.45, 2.75) is 32.0 Å². The maximum atomic E-state index is 14.2. The molecule has 1 fully saturated rings. The van der Waals surface area contributed by atoms with Crippen molar-refractivity contribution in [2.24, 2.45) is 5.73 Å². The smallest absolute Gasteiger partial charge is 0.323 e. The number of pyridine rings is 1. The molecule has 2 aromatic carbocycles. The predicted octanol–water partition coefficient (Wildman–Crippen LogP) is 3.27. The minimum atomic E-state index is -0.809. The fraction of sp³-hybridized carbons (Fsp3) is 0.214. The Hall–Kier alpha value is -5.04. The zero-order valence-electron chi connectivity index (χ0n) is 22.1. The summed E-state index contributed by atoms with van der Waals surface area (Å²) in [6.45, 7) is -0.569. The highest BCUT2D eigenvalue weighted by Gasteiger charge is 2.34. The van der Waals surface area contributed by atoms with Crippen molar-refractivity contribution in [1.82, 2.24) is 25.0 Å². The van der Waals surface area contributed by atoms with E-state index in [2.05, 4.69) is 26.0 Å². The summed E-state index contributed by atoms with van der Waals surface area (Å²) in [5.41, 5.74) is 7.06. The lowest BCUT2D eigenvalue weighted by atomic mass is 10.2. The van der Waals surface area contributed by atoms with E-state index in [9.17, 15) is 23.6 Å². The molecule has 5 rings (SSSR count).